The second-order valence-corrected chi connectivity index (χ2v) is 7.18. The number of nitrogens with one attached hydrogen (secondary N) is 2. The Labute approximate surface area is 150 Å². The van der Waals surface area contributed by atoms with Gasteiger partial charge >= 0.3 is 0 Å². The van der Waals surface area contributed by atoms with Crippen molar-refractivity contribution in [2.45, 2.75) is 26.2 Å². The highest BCUT2D eigenvalue weighted by Gasteiger charge is 2.31. The Bertz CT molecular complexity index is 880. The number of carbonyl (C=O) groups excluding carboxylic acids is 4. The van der Waals surface area contributed by atoms with Crippen LogP contribution >= 0.6 is 0 Å². The fraction of sp³-hybridized carbons (Fsp3) is 0.200. The van der Waals surface area contributed by atoms with E-state index in [9.17, 15) is 19.2 Å². The summed E-state index contributed by atoms with van der Waals surface area (Å²) in [6.07, 6.45) is 3.89. The summed E-state index contributed by atoms with van der Waals surface area (Å²) in [4.78, 5) is 47.2. The van der Waals surface area contributed by atoms with Gasteiger partial charge in [0, 0.05) is 17.7 Å². The van der Waals surface area contributed by atoms with Crippen molar-refractivity contribution in [3.05, 3.63) is 64.3 Å². The molecule has 0 spiro atoms. The molecule has 0 atom stereocenters. The Balaban J connectivity index is 2.08. The van der Waals surface area contributed by atoms with Gasteiger partial charge < -0.3 is 0 Å². The summed E-state index contributed by atoms with van der Waals surface area (Å²) in [5.74, 6) is -2.30. The molecule has 0 fully saturated rings. The number of rotatable bonds is 3. The first kappa shape index (κ1) is 17.5. The monoisotopic (exact) mass is 350 g/mol. The van der Waals surface area contributed by atoms with Gasteiger partial charge in [0.25, 0.3) is 23.6 Å². The van der Waals surface area contributed by atoms with Gasteiger partial charge in [-0.05, 0) is 22.6 Å². The molecular formula is C20H18N2O4. The van der Waals surface area contributed by atoms with Crippen molar-refractivity contribution < 1.29 is 19.2 Å². The Hall–Kier alpha value is -3.28. The Morgan fingerprint density at radius 1 is 0.808 bits per heavy atom. The maximum Gasteiger partial charge on any atom is 0.258 e. The SMILES string of the molecule is CC(C)(C)c1ccc(C=C(C2=CC(=O)NC2=O)C2=CC(=O)NC2=O)cc1. The van der Waals surface area contributed by atoms with Crippen LogP contribution in [0.3, 0.4) is 0 Å². The van der Waals surface area contributed by atoms with E-state index in [4.69, 9.17) is 0 Å². The molecular weight excluding hydrogens is 332 g/mol. The second kappa shape index (κ2) is 6.22. The average molecular weight is 350 g/mol. The molecule has 2 heterocycles. The third kappa shape index (κ3) is 3.39. The van der Waals surface area contributed by atoms with Crippen molar-refractivity contribution in [3.63, 3.8) is 0 Å². The van der Waals surface area contributed by atoms with E-state index >= 15 is 0 Å². The van der Waals surface area contributed by atoms with Crippen LogP contribution in [-0.4, -0.2) is 23.6 Å². The highest BCUT2D eigenvalue weighted by Crippen LogP contribution is 2.28. The first-order chi connectivity index (χ1) is 12.1. The molecule has 6 heteroatoms. The van der Waals surface area contributed by atoms with E-state index in [2.05, 4.69) is 31.4 Å². The number of hydrogen-bond acceptors (Lipinski definition) is 4. The molecule has 0 bridgehead atoms. The molecule has 0 unspecified atom stereocenters. The fourth-order valence-corrected chi connectivity index (χ4v) is 2.77. The zero-order valence-electron chi connectivity index (χ0n) is 14.7. The van der Waals surface area contributed by atoms with E-state index in [1.54, 1.807) is 6.08 Å². The smallest absolute Gasteiger partial charge is 0.258 e. The summed E-state index contributed by atoms with van der Waals surface area (Å²) in [5, 5.41) is 4.31. The van der Waals surface area contributed by atoms with E-state index in [1.165, 1.54) is 0 Å². The molecule has 1 aromatic rings. The van der Waals surface area contributed by atoms with E-state index in [0.29, 0.717) is 0 Å². The minimum Gasteiger partial charge on any atom is -0.289 e. The van der Waals surface area contributed by atoms with Gasteiger partial charge in [-0.25, -0.2) is 0 Å². The lowest BCUT2D eigenvalue weighted by Gasteiger charge is -2.19. The van der Waals surface area contributed by atoms with Crippen LogP contribution in [0.2, 0.25) is 0 Å². The predicted molar refractivity (Wildman–Crippen MR) is 95.6 cm³/mol. The van der Waals surface area contributed by atoms with Crippen LogP contribution < -0.4 is 10.6 Å². The number of amides is 4. The van der Waals surface area contributed by atoms with Crippen LogP contribution in [0.4, 0.5) is 0 Å². The molecule has 3 rings (SSSR count). The zero-order valence-corrected chi connectivity index (χ0v) is 14.7. The molecule has 0 radical (unpaired) electrons. The summed E-state index contributed by atoms with van der Waals surface area (Å²) in [6, 6.07) is 7.66. The molecule has 2 aliphatic heterocycles. The van der Waals surface area contributed by atoms with Gasteiger partial charge in [0.1, 0.15) is 0 Å². The van der Waals surface area contributed by atoms with E-state index < -0.39 is 23.6 Å². The molecule has 2 N–H and O–H groups in total. The minimum absolute atomic E-state index is 0.00829. The van der Waals surface area contributed by atoms with Gasteiger partial charge in [0.05, 0.1) is 11.1 Å². The molecule has 0 aliphatic carbocycles. The molecule has 0 aromatic heterocycles. The summed E-state index contributed by atoms with van der Waals surface area (Å²) in [6.45, 7) is 6.30. The standard InChI is InChI=1S/C20H18N2O4/c1-20(2,3)12-6-4-11(5-7-12)8-13(14-9-16(23)21-18(14)25)15-10-17(24)22-19(15)26/h4-10H,1-3H3,(H,21,23,25)(H,22,24,26). The lowest BCUT2D eigenvalue weighted by Crippen LogP contribution is -2.25. The predicted octanol–water partition coefficient (Wildman–Crippen LogP) is 1.53. The fourth-order valence-electron chi connectivity index (χ4n) is 2.77. The summed E-state index contributed by atoms with van der Waals surface area (Å²) in [5.41, 5.74) is 2.23. The third-order valence-electron chi connectivity index (χ3n) is 4.18. The molecule has 0 saturated heterocycles. The molecule has 2 aliphatic rings. The first-order valence-corrected chi connectivity index (χ1v) is 8.12. The normalized spacial score (nSPS) is 16.9. The Morgan fingerprint density at radius 2 is 1.27 bits per heavy atom. The van der Waals surface area contributed by atoms with Crippen molar-refractivity contribution in [3.8, 4) is 0 Å². The number of carbonyl (C=O) groups is 4. The molecule has 6 nitrogen and oxygen atoms in total. The van der Waals surface area contributed by atoms with Crippen LogP contribution in [0.5, 0.6) is 0 Å². The molecule has 4 amide bonds. The van der Waals surface area contributed by atoms with Gasteiger partial charge in [-0.1, -0.05) is 45.0 Å². The summed E-state index contributed by atoms with van der Waals surface area (Å²) >= 11 is 0. The number of benzene rings is 1. The van der Waals surface area contributed by atoms with Crippen LogP contribution in [0.15, 0.2) is 53.1 Å². The van der Waals surface area contributed by atoms with Gasteiger partial charge in [-0.3, -0.25) is 29.8 Å². The van der Waals surface area contributed by atoms with Gasteiger partial charge in [-0.15, -0.1) is 0 Å². The van der Waals surface area contributed by atoms with Crippen molar-refractivity contribution in [2.24, 2.45) is 0 Å². The highest BCUT2D eigenvalue weighted by atomic mass is 16.2. The van der Waals surface area contributed by atoms with Crippen LogP contribution in [-0.2, 0) is 24.6 Å². The van der Waals surface area contributed by atoms with Gasteiger partial charge in [0.15, 0.2) is 0 Å². The molecule has 0 saturated carbocycles. The van der Waals surface area contributed by atoms with Crippen molar-refractivity contribution in [1.82, 2.24) is 10.6 Å². The van der Waals surface area contributed by atoms with Crippen LogP contribution in [0.25, 0.3) is 6.08 Å². The number of hydrogen-bond donors (Lipinski definition) is 2. The molecule has 132 valence electrons. The van der Waals surface area contributed by atoms with E-state index in [1.807, 2.05) is 24.3 Å². The van der Waals surface area contributed by atoms with Crippen LogP contribution in [0, 0.1) is 0 Å². The average Bonchev–Trinajstić information content (AvgIpc) is 3.05. The van der Waals surface area contributed by atoms with Crippen molar-refractivity contribution >= 4 is 29.7 Å². The quantitative estimate of drug-likeness (QED) is 0.809. The summed E-state index contributed by atoms with van der Waals surface area (Å²) in [7, 11) is 0. The second-order valence-electron chi connectivity index (χ2n) is 7.18. The van der Waals surface area contributed by atoms with Gasteiger partial charge in [-0.2, -0.15) is 0 Å². The van der Waals surface area contributed by atoms with Crippen molar-refractivity contribution in [2.75, 3.05) is 0 Å². The number of imide groups is 2. The topological polar surface area (TPSA) is 92.3 Å². The lowest BCUT2D eigenvalue weighted by molar-refractivity contribution is -0.125. The maximum atomic E-state index is 12.1. The Morgan fingerprint density at radius 3 is 1.62 bits per heavy atom. The maximum absolute atomic E-state index is 12.1. The highest BCUT2D eigenvalue weighted by molar-refractivity contribution is 6.25. The molecule has 26 heavy (non-hydrogen) atoms. The summed E-state index contributed by atoms with van der Waals surface area (Å²) < 4.78 is 0. The Kier molecular flexibility index (Phi) is 4.20. The zero-order chi connectivity index (χ0) is 19.1. The third-order valence-corrected chi connectivity index (χ3v) is 4.18. The van der Waals surface area contributed by atoms with Crippen LogP contribution in [0.1, 0.15) is 31.9 Å². The minimum atomic E-state index is -0.597. The first-order valence-electron chi connectivity index (χ1n) is 8.12. The van der Waals surface area contributed by atoms with Gasteiger partial charge in [0.2, 0.25) is 0 Å². The van der Waals surface area contributed by atoms with Crippen molar-refractivity contribution in [1.29, 1.82) is 0 Å². The largest absolute Gasteiger partial charge is 0.289 e. The van der Waals surface area contributed by atoms with E-state index in [0.717, 1.165) is 23.3 Å². The lowest BCUT2D eigenvalue weighted by atomic mass is 9.86. The van der Waals surface area contributed by atoms with E-state index in [-0.39, 0.29) is 22.1 Å². The molecule has 1 aromatic carbocycles.